The first kappa shape index (κ1) is 16.7. The van der Waals surface area contributed by atoms with Crippen LogP contribution in [0.3, 0.4) is 0 Å². The average Bonchev–Trinajstić information content (AvgIpc) is 3.36. The number of pyridine rings is 1. The first-order valence-corrected chi connectivity index (χ1v) is 9.03. The van der Waals surface area contributed by atoms with E-state index in [-0.39, 0.29) is 17.9 Å². The zero-order chi connectivity index (χ0) is 18.3. The molecule has 3 aromatic rings. The van der Waals surface area contributed by atoms with E-state index in [1.807, 2.05) is 51.1 Å². The number of hydrogen-bond acceptors (Lipinski definition) is 5. The summed E-state index contributed by atoms with van der Waals surface area (Å²) in [5, 5.41) is 7.99. The molecule has 1 saturated carbocycles. The molecule has 1 aliphatic rings. The van der Waals surface area contributed by atoms with Crippen LogP contribution in [0, 0.1) is 12.8 Å². The van der Waals surface area contributed by atoms with Crippen LogP contribution in [0.1, 0.15) is 66.4 Å². The molecule has 134 valence electrons. The molecular formula is C20H22N4O2. The number of rotatable bonds is 5. The monoisotopic (exact) mass is 350 g/mol. The molecule has 26 heavy (non-hydrogen) atoms. The van der Waals surface area contributed by atoms with Crippen molar-refractivity contribution in [1.82, 2.24) is 20.4 Å². The largest absolute Gasteiger partial charge is 0.340 e. The number of aryl methyl sites for hydroxylation is 1. The Balaban J connectivity index is 1.64. The zero-order valence-electron chi connectivity index (χ0n) is 15.2. The highest BCUT2D eigenvalue weighted by Crippen LogP contribution is 2.38. The topological polar surface area (TPSA) is 80.9 Å². The number of benzene rings is 1. The lowest BCUT2D eigenvalue weighted by Gasteiger charge is -2.19. The fourth-order valence-electron chi connectivity index (χ4n) is 3.11. The summed E-state index contributed by atoms with van der Waals surface area (Å²) < 4.78 is 5.45. The molecule has 1 fully saturated rings. The van der Waals surface area contributed by atoms with Gasteiger partial charge in [-0.15, -0.1) is 0 Å². The number of nitrogens with zero attached hydrogens (tertiary/aromatic N) is 3. The Bertz CT molecular complexity index is 959. The van der Waals surface area contributed by atoms with E-state index in [0.717, 1.165) is 35.3 Å². The van der Waals surface area contributed by atoms with Gasteiger partial charge in [0.2, 0.25) is 5.89 Å². The van der Waals surface area contributed by atoms with Gasteiger partial charge in [-0.3, -0.25) is 9.78 Å². The molecule has 1 aromatic carbocycles. The molecule has 1 amide bonds. The fraction of sp³-hybridized carbons (Fsp3) is 0.400. The van der Waals surface area contributed by atoms with Crippen LogP contribution in [-0.2, 0) is 0 Å². The highest BCUT2D eigenvalue weighted by Gasteiger charge is 2.32. The Hall–Kier alpha value is -2.76. The van der Waals surface area contributed by atoms with Crippen molar-refractivity contribution in [2.45, 2.75) is 45.6 Å². The maximum Gasteiger partial charge on any atom is 0.252 e. The number of carbonyl (C=O) groups is 1. The highest BCUT2D eigenvalue weighted by molar-refractivity contribution is 6.06. The van der Waals surface area contributed by atoms with E-state index < -0.39 is 0 Å². The van der Waals surface area contributed by atoms with Crippen molar-refractivity contribution in [3.8, 4) is 0 Å². The Labute approximate surface area is 152 Å². The van der Waals surface area contributed by atoms with E-state index in [2.05, 4.69) is 20.4 Å². The molecule has 4 rings (SSSR count). The number of hydrogen-bond donors (Lipinski definition) is 1. The quantitative estimate of drug-likeness (QED) is 0.754. The molecular weight excluding hydrogens is 328 g/mol. The lowest BCUT2D eigenvalue weighted by Crippen LogP contribution is -2.32. The van der Waals surface area contributed by atoms with Crippen LogP contribution in [0.4, 0.5) is 0 Å². The van der Waals surface area contributed by atoms with Gasteiger partial charge in [0, 0.05) is 17.0 Å². The van der Waals surface area contributed by atoms with Crippen molar-refractivity contribution in [3.63, 3.8) is 0 Å². The number of fused-ring (bicyclic) bond motifs is 1. The molecule has 6 heteroatoms. The fourth-order valence-corrected chi connectivity index (χ4v) is 3.11. The molecule has 1 aliphatic carbocycles. The summed E-state index contributed by atoms with van der Waals surface area (Å²) in [6, 6.07) is 9.16. The molecule has 2 aromatic heterocycles. The number of amides is 1. The van der Waals surface area contributed by atoms with Gasteiger partial charge in [0.25, 0.3) is 5.91 Å². The van der Waals surface area contributed by atoms with Crippen LogP contribution < -0.4 is 5.32 Å². The van der Waals surface area contributed by atoms with Gasteiger partial charge in [0.15, 0.2) is 5.82 Å². The number of aromatic nitrogens is 3. The van der Waals surface area contributed by atoms with Crippen molar-refractivity contribution in [3.05, 3.63) is 53.3 Å². The summed E-state index contributed by atoms with van der Waals surface area (Å²) in [6.07, 6.45) is 2.22. The first-order valence-electron chi connectivity index (χ1n) is 9.03. The van der Waals surface area contributed by atoms with Crippen molar-refractivity contribution in [2.75, 3.05) is 0 Å². The van der Waals surface area contributed by atoms with Gasteiger partial charge in [0.1, 0.15) is 6.04 Å². The van der Waals surface area contributed by atoms with Crippen LogP contribution in [-0.4, -0.2) is 21.0 Å². The van der Waals surface area contributed by atoms with Crippen molar-refractivity contribution in [2.24, 2.45) is 5.92 Å². The molecule has 0 bridgehead atoms. The standard InChI is InChI=1S/C20H22N4O2/c1-11(2)17(20-23-18(24-26-20)13-8-9-13)22-19(25)15-10-12(3)21-16-7-5-4-6-14(15)16/h4-7,10-11,13,17H,8-9H2,1-3H3,(H,22,25). The molecule has 6 nitrogen and oxygen atoms in total. The van der Waals surface area contributed by atoms with E-state index in [9.17, 15) is 4.79 Å². The van der Waals surface area contributed by atoms with E-state index >= 15 is 0 Å². The second kappa shape index (κ2) is 6.52. The maximum atomic E-state index is 13.0. The summed E-state index contributed by atoms with van der Waals surface area (Å²) >= 11 is 0. The van der Waals surface area contributed by atoms with Gasteiger partial charge in [-0.05, 0) is 37.8 Å². The minimum atomic E-state index is -0.324. The molecule has 2 heterocycles. The third-order valence-electron chi connectivity index (χ3n) is 4.71. The zero-order valence-corrected chi connectivity index (χ0v) is 15.2. The smallest absolute Gasteiger partial charge is 0.252 e. The number of carbonyl (C=O) groups excluding carboxylic acids is 1. The van der Waals surface area contributed by atoms with Crippen LogP contribution >= 0.6 is 0 Å². The van der Waals surface area contributed by atoms with Gasteiger partial charge in [-0.1, -0.05) is 37.2 Å². The van der Waals surface area contributed by atoms with E-state index in [4.69, 9.17) is 4.52 Å². The number of para-hydroxylation sites is 1. The van der Waals surface area contributed by atoms with E-state index in [0.29, 0.717) is 17.4 Å². The van der Waals surface area contributed by atoms with Crippen molar-refractivity contribution >= 4 is 16.8 Å². The molecule has 0 aliphatic heterocycles. The van der Waals surface area contributed by atoms with Gasteiger partial charge in [0.05, 0.1) is 11.1 Å². The second-order valence-electron chi connectivity index (χ2n) is 7.29. The van der Waals surface area contributed by atoms with E-state index in [1.54, 1.807) is 0 Å². The van der Waals surface area contributed by atoms with Crippen molar-refractivity contribution < 1.29 is 9.32 Å². The molecule has 0 saturated heterocycles. The Kier molecular flexibility index (Phi) is 4.18. The Morgan fingerprint density at radius 2 is 2.00 bits per heavy atom. The normalized spacial score (nSPS) is 15.4. The molecule has 0 radical (unpaired) electrons. The molecule has 1 N–H and O–H groups in total. The Morgan fingerprint density at radius 3 is 2.73 bits per heavy atom. The maximum absolute atomic E-state index is 13.0. The van der Waals surface area contributed by atoms with Crippen molar-refractivity contribution in [1.29, 1.82) is 0 Å². The SMILES string of the molecule is Cc1cc(C(=O)NC(c2nc(C3CC3)no2)C(C)C)c2ccccc2n1. The van der Waals surface area contributed by atoms with Crippen LogP contribution in [0.2, 0.25) is 0 Å². The second-order valence-corrected chi connectivity index (χ2v) is 7.29. The van der Waals surface area contributed by atoms with Gasteiger partial charge in [-0.2, -0.15) is 4.98 Å². The minimum Gasteiger partial charge on any atom is -0.340 e. The summed E-state index contributed by atoms with van der Waals surface area (Å²) in [7, 11) is 0. The average molecular weight is 350 g/mol. The first-order chi connectivity index (χ1) is 12.5. The van der Waals surface area contributed by atoms with Crippen LogP contribution in [0.25, 0.3) is 10.9 Å². The summed E-state index contributed by atoms with van der Waals surface area (Å²) in [4.78, 5) is 22.0. The minimum absolute atomic E-state index is 0.126. The highest BCUT2D eigenvalue weighted by atomic mass is 16.5. The van der Waals surface area contributed by atoms with Crippen LogP contribution in [0.15, 0.2) is 34.9 Å². The molecule has 1 unspecified atom stereocenters. The predicted molar refractivity (Wildman–Crippen MR) is 97.8 cm³/mol. The predicted octanol–water partition coefficient (Wildman–Crippen LogP) is 3.93. The summed E-state index contributed by atoms with van der Waals surface area (Å²) in [5.41, 5.74) is 2.23. The lowest BCUT2D eigenvalue weighted by atomic mass is 10.0. The molecule has 0 spiro atoms. The summed E-state index contributed by atoms with van der Waals surface area (Å²) in [5.74, 6) is 1.62. The third kappa shape index (κ3) is 3.19. The van der Waals surface area contributed by atoms with Gasteiger partial charge >= 0.3 is 0 Å². The summed E-state index contributed by atoms with van der Waals surface area (Å²) in [6.45, 7) is 5.95. The third-order valence-corrected chi connectivity index (χ3v) is 4.71. The lowest BCUT2D eigenvalue weighted by molar-refractivity contribution is 0.0915. The van der Waals surface area contributed by atoms with Crippen LogP contribution in [0.5, 0.6) is 0 Å². The van der Waals surface area contributed by atoms with E-state index in [1.165, 1.54) is 0 Å². The Morgan fingerprint density at radius 1 is 1.23 bits per heavy atom. The number of nitrogens with one attached hydrogen (secondary N) is 1. The molecule has 1 atom stereocenters. The van der Waals surface area contributed by atoms with Gasteiger partial charge in [-0.25, -0.2) is 0 Å². The van der Waals surface area contributed by atoms with Gasteiger partial charge < -0.3 is 9.84 Å².